The molecular weight excluding hydrogens is 288 g/mol. The van der Waals surface area contributed by atoms with Gasteiger partial charge in [0.1, 0.15) is 0 Å². The summed E-state index contributed by atoms with van der Waals surface area (Å²) in [7, 11) is 0. The second-order valence-electron chi connectivity index (χ2n) is 6.02. The SMILES string of the molecule is Cc1c(C(=O)N2CCCC[C@H]2CO)cccc1-c1ccccn1. The fraction of sp³-hybridized carbons (Fsp3) is 0.368. The maximum atomic E-state index is 13.0. The first-order valence-corrected chi connectivity index (χ1v) is 8.15. The molecule has 0 saturated carbocycles. The summed E-state index contributed by atoms with van der Waals surface area (Å²) < 4.78 is 0. The van der Waals surface area contributed by atoms with Gasteiger partial charge in [-0.2, -0.15) is 0 Å². The van der Waals surface area contributed by atoms with Crippen molar-refractivity contribution in [3.63, 3.8) is 0 Å². The van der Waals surface area contributed by atoms with E-state index in [1.54, 1.807) is 6.20 Å². The van der Waals surface area contributed by atoms with Crippen molar-refractivity contribution in [3.05, 3.63) is 53.7 Å². The lowest BCUT2D eigenvalue weighted by Gasteiger charge is -2.35. The molecule has 0 bridgehead atoms. The van der Waals surface area contributed by atoms with Crippen molar-refractivity contribution in [3.8, 4) is 11.3 Å². The second-order valence-corrected chi connectivity index (χ2v) is 6.02. The third-order valence-electron chi connectivity index (χ3n) is 4.60. The molecule has 4 heteroatoms. The Morgan fingerprint density at radius 1 is 1.26 bits per heavy atom. The number of hydrogen-bond donors (Lipinski definition) is 1. The fourth-order valence-electron chi connectivity index (χ4n) is 3.28. The van der Waals surface area contributed by atoms with Gasteiger partial charge in [0.05, 0.1) is 18.3 Å². The van der Waals surface area contributed by atoms with Crippen molar-refractivity contribution in [1.29, 1.82) is 0 Å². The Hall–Kier alpha value is -2.20. The normalized spacial score (nSPS) is 18.0. The number of rotatable bonds is 3. The number of amides is 1. The van der Waals surface area contributed by atoms with Gasteiger partial charge in [0.15, 0.2) is 0 Å². The number of piperidine rings is 1. The van der Waals surface area contributed by atoms with Gasteiger partial charge in [-0.15, -0.1) is 0 Å². The molecule has 0 aliphatic carbocycles. The van der Waals surface area contributed by atoms with Gasteiger partial charge in [-0.3, -0.25) is 9.78 Å². The maximum Gasteiger partial charge on any atom is 0.254 e. The summed E-state index contributed by atoms with van der Waals surface area (Å²) >= 11 is 0. The average Bonchev–Trinajstić information content (AvgIpc) is 2.62. The van der Waals surface area contributed by atoms with Crippen LogP contribution in [0.15, 0.2) is 42.6 Å². The van der Waals surface area contributed by atoms with Crippen molar-refractivity contribution >= 4 is 5.91 Å². The molecular formula is C19H22N2O2. The Morgan fingerprint density at radius 3 is 2.87 bits per heavy atom. The van der Waals surface area contributed by atoms with Gasteiger partial charge in [0.2, 0.25) is 0 Å². The van der Waals surface area contributed by atoms with Crippen molar-refractivity contribution in [2.24, 2.45) is 0 Å². The van der Waals surface area contributed by atoms with Crippen molar-refractivity contribution < 1.29 is 9.90 Å². The van der Waals surface area contributed by atoms with Crippen LogP contribution in [0.3, 0.4) is 0 Å². The molecule has 2 aromatic rings. The molecule has 1 aromatic heterocycles. The minimum Gasteiger partial charge on any atom is -0.394 e. The molecule has 0 radical (unpaired) electrons. The number of nitrogens with zero attached hydrogens (tertiary/aromatic N) is 2. The Kier molecular flexibility index (Phi) is 4.72. The monoisotopic (exact) mass is 310 g/mol. The first-order valence-electron chi connectivity index (χ1n) is 8.15. The van der Waals surface area contributed by atoms with Crippen molar-refractivity contribution in [2.45, 2.75) is 32.2 Å². The number of aliphatic hydroxyl groups excluding tert-OH is 1. The number of aliphatic hydroxyl groups is 1. The summed E-state index contributed by atoms with van der Waals surface area (Å²) in [4.78, 5) is 19.2. The first kappa shape index (κ1) is 15.7. The maximum absolute atomic E-state index is 13.0. The van der Waals surface area contributed by atoms with Gasteiger partial charge >= 0.3 is 0 Å². The van der Waals surface area contributed by atoms with Crippen LogP contribution in [0.2, 0.25) is 0 Å². The van der Waals surface area contributed by atoms with Crippen LogP contribution in [0.5, 0.6) is 0 Å². The molecule has 1 aliphatic rings. The number of pyridine rings is 1. The fourth-order valence-corrected chi connectivity index (χ4v) is 3.28. The highest BCUT2D eigenvalue weighted by Crippen LogP contribution is 2.26. The van der Waals surface area contributed by atoms with E-state index >= 15 is 0 Å². The van der Waals surface area contributed by atoms with Crippen LogP contribution in [0.4, 0.5) is 0 Å². The summed E-state index contributed by atoms with van der Waals surface area (Å²) in [5.74, 6) is 0.0130. The molecule has 1 fully saturated rings. The van der Waals surface area contributed by atoms with E-state index in [1.165, 1.54) is 0 Å². The summed E-state index contributed by atoms with van der Waals surface area (Å²) in [6, 6.07) is 11.5. The third kappa shape index (κ3) is 3.13. The van der Waals surface area contributed by atoms with Gasteiger partial charge in [-0.1, -0.05) is 18.2 Å². The lowest BCUT2D eigenvalue weighted by Crippen LogP contribution is -2.45. The smallest absolute Gasteiger partial charge is 0.254 e. The highest BCUT2D eigenvalue weighted by atomic mass is 16.3. The van der Waals surface area contributed by atoms with Crippen LogP contribution in [0.25, 0.3) is 11.3 Å². The van der Waals surface area contributed by atoms with E-state index in [0.29, 0.717) is 5.56 Å². The summed E-state index contributed by atoms with van der Waals surface area (Å²) in [6.45, 7) is 2.72. The Balaban J connectivity index is 1.95. The molecule has 1 N–H and O–H groups in total. The van der Waals surface area contributed by atoms with Crippen molar-refractivity contribution in [2.75, 3.05) is 13.2 Å². The summed E-state index contributed by atoms with van der Waals surface area (Å²) in [5.41, 5.74) is 3.50. The standard InChI is InChI=1S/C19H22N2O2/c1-14-16(18-10-2-4-11-20-18)8-6-9-17(14)19(23)21-12-5-3-7-15(21)13-22/h2,4,6,8-11,15,22H,3,5,7,12-13H2,1H3/t15-/m0/s1. The molecule has 23 heavy (non-hydrogen) atoms. The van der Waals surface area contributed by atoms with Crippen LogP contribution in [0, 0.1) is 6.92 Å². The number of carbonyl (C=O) groups excluding carboxylic acids is 1. The predicted molar refractivity (Wildman–Crippen MR) is 90.2 cm³/mol. The van der Waals surface area contributed by atoms with E-state index in [0.717, 1.165) is 42.6 Å². The third-order valence-corrected chi connectivity index (χ3v) is 4.60. The first-order chi connectivity index (χ1) is 11.2. The number of benzene rings is 1. The van der Waals surface area contributed by atoms with Crippen LogP contribution in [-0.4, -0.2) is 40.1 Å². The topological polar surface area (TPSA) is 53.4 Å². The molecule has 2 heterocycles. The zero-order valence-electron chi connectivity index (χ0n) is 13.4. The van der Waals surface area contributed by atoms with E-state index in [4.69, 9.17) is 0 Å². The van der Waals surface area contributed by atoms with Gasteiger partial charge in [0.25, 0.3) is 5.91 Å². The molecule has 1 aromatic carbocycles. The molecule has 120 valence electrons. The molecule has 1 atom stereocenters. The second kappa shape index (κ2) is 6.92. The van der Waals surface area contributed by atoms with Gasteiger partial charge in [-0.05, 0) is 49.9 Å². The molecule has 0 unspecified atom stereocenters. The van der Waals surface area contributed by atoms with E-state index in [9.17, 15) is 9.90 Å². The zero-order valence-corrected chi connectivity index (χ0v) is 13.4. The Morgan fingerprint density at radius 2 is 2.13 bits per heavy atom. The van der Waals surface area contributed by atoms with Crippen molar-refractivity contribution in [1.82, 2.24) is 9.88 Å². The number of hydrogen-bond acceptors (Lipinski definition) is 3. The molecule has 1 aliphatic heterocycles. The van der Waals surface area contributed by atoms with Crippen LogP contribution < -0.4 is 0 Å². The molecule has 1 amide bonds. The highest BCUT2D eigenvalue weighted by Gasteiger charge is 2.28. The van der Waals surface area contributed by atoms with Crippen LogP contribution in [0.1, 0.15) is 35.2 Å². The molecule has 0 spiro atoms. The van der Waals surface area contributed by atoms with Gasteiger partial charge < -0.3 is 10.0 Å². The zero-order chi connectivity index (χ0) is 16.2. The Labute approximate surface area is 136 Å². The van der Waals surface area contributed by atoms with E-state index in [-0.39, 0.29) is 18.6 Å². The summed E-state index contributed by atoms with van der Waals surface area (Å²) in [6.07, 6.45) is 4.71. The minimum absolute atomic E-state index is 0.0130. The van der Waals surface area contributed by atoms with Crippen LogP contribution in [-0.2, 0) is 0 Å². The molecule has 1 saturated heterocycles. The number of carbonyl (C=O) groups is 1. The molecule has 3 rings (SSSR count). The Bertz CT molecular complexity index is 685. The van der Waals surface area contributed by atoms with Crippen LogP contribution >= 0.6 is 0 Å². The number of aromatic nitrogens is 1. The van der Waals surface area contributed by atoms with E-state index in [2.05, 4.69) is 4.98 Å². The largest absolute Gasteiger partial charge is 0.394 e. The minimum atomic E-state index is -0.0610. The highest BCUT2D eigenvalue weighted by molar-refractivity contribution is 5.97. The average molecular weight is 310 g/mol. The molecule has 4 nitrogen and oxygen atoms in total. The lowest BCUT2D eigenvalue weighted by atomic mass is 9.96. The summed E-state index contributed by atoms with van der Waals surface area (Å²) in [5, 5.41) is 9.56. The lowest BCUT2D eigenvalue weighted by molar-refractivity contribution is 0.0502. The quantitative estimate of drug-likeness (QED) is 0.948. The number of likely N-dealkylation sites (tertiary alicyclic amines) is 1. The van der Waals surface area contributed by atoms with E-state index in [1.807, 2.05) is 48.2 Å². The van der Waals surface area contributed by atoms with Gasteiger partial charge in [0, 0.05) is 23.9 Å². The van der Waals surface area contributed by atoms with Gasteiger partial charge in [-0.25, -0.2) is 0 Å². The van der Waals surface area contributed by atoms with E-state index < -0.39 is 0 Å². The predicted octanol–water partition coefficient (Wildman–Crippen LogP) is 3.04.